The fourth-order valence-electron chi connectivity index (χ4n) is 4.65. The predicted octanol–water partition coefficient (Wildman–Crippen LogP) is 10.2. The molecule has 46 heavy (non-hydrogen) atoms. The Bertz CT molecular complexity index is 1550. The van der Waals surface area contributed by atoms with Crippen molar-refractivity contribution in [3.63, 3.8) is 0 Å². The molecule has 2 N–H and O–H groups in total. The average molecular weight is 746 g/mol. The molecule has 0 radical (unpaired) electrons. The van der Waals surface area contributed by atoms with Gasteiger partial charge in [-0.15, -0.1) is 0 Å². The minimum absolute atomic E-state index is 0.381. The van der Waals surface area contributed by atoms with Gasteiger partial charge < -0.3 is 4.90 Å². The summed E-state index contributed by atoms with van der Waals surface area (Å²) < 4.78 is 0. The molecule has 4 aromatic rings. The van der Waals surface area contributed by atoms with Crippen LogP contribution in [0.5, 0.6) is 0 Å². The van der Waals surface area contributed by atoms with Crippen LogP contribution in [0.2, 0.25) is 0 Å². The zero-order chi connectivity index (χ0) is 35.0. The first-order valence-corrected chi connectivity index (χ1v) is 21.4. The summed E-state index contributed by atoms with van der Waals surface area (Å²) in [7, 11) is 13.8. The number of hydroxylamine groups is 2. The molecule has 2 aromatic carbocycles. The van der Waals surface area contributed by atoms with Crippen LogP contribution in [-0.2, 0) is 20.8 Å². The minimum atomic E-state index is -0.826. The van der Waals surface area contributed by atoms with Gasteiger partial charge in [0, 0.05) is 37.0 Å². The summed E-state index contributed by atoms with van der Waals surface area (Å²) in [5, 5.41) is 23.1. The Kier molecular flexibility index (Phi) is 14.7. The normalized spacial score (nSPS) is 11.0. The summed E-state index contributed by atoms with van der Waals surface area (Å²) in [5.74, 6) is 1.12. The second kappa shape index (κ2) is 17.1. The number of nitrogens with zero attached hydrogens (tertiary/aromatic N) is 5. The molecule has 0 aliphatic carbocycles. The molecular weight excluding hydrogens is 697 g/mol. The van der Waals surface area contributed by atoms with E-state index >= 15 is 0 Å². The van der Waals surface area contributed by atoms with Crippen molar-refractivity contribution in [2.24, 2.45) is 0 Å². The second-order valence-corrected chi connectivity index (χ2v) is 17.4. The van der Waals surface area contributed by atoms with Gasteiger partial charge in [-0.2, -0.15) is 0 Å². The van der Waals surface area contributed by atoms with Crippen molar-refractivity contribution in [1.29, 1.82) is 0 Å². The number of aryl methyl sites for hydroxylation is 4. The van der Waals surface area contributed by atoms with E-state index in [1.54, 1.807) is 0 Å². The van der Waals surface area contributed by atoms with Gasteiger partial charge in [-0.1, -0.05) is 40.5 Å². The van der Waals surface area contributed by atoms with Crippen LogP contribution in [-0.4, -0.2) is 45.6 Å². The summed E-state index contributed by atoms with van der Waals surface area (Å²) in [6.45, 7) is 20.0. The molecule has 7 nitrogen and oxygen atoms in total. The molecule has 0 aliphatic rings. The number of benzene rings is 2. The molecule has 246 valence electrons. The van der Waals surface area contributed by atoms with Gasteiger partial charge in [-0.05, 0) is 112 Å². The topological polar surface area (TPSA) is 76.0 Å². The third-order valence-electron chi connectivity index (χ3n) is 6.79. The van der Waals surface area contributed by atoms with E-state index in [1.807, 2.05) is 90.9 Å². The quantitative estimate of drug-likeness (QED) is 0.197. The summed E-state index contributed by atoms with van der Waals surface area (Å²) >= 11 is -0.826. The van der Waals surface area contributed by atoms with Crippen molar-refractivity contribution in [1.82, 2.24) is 9.97 Å². The molecule has 0 amide bonds. The Morgan fingerprint density at radius 3 is 1.39 bits per heavy atom. The fourth-order valence-corrected chi connectivity index (χ4v) is 4.65. The van der Waals surface area contributed by atoms with Gasteiger partial charge >= 0.3 is 37.9 Å². The Morgan fingerprint density at radius 2 is 0.978 bits per heavy atom. The number of hydrogen-bond donors (Lipinski definition) is 2. The number of pyridine rings is 2. The maximum atomic E-state index is 10.5. The van der Waals surface area contributed by atoms with Crippen LogP contribution in [0.3, 0.4) is 0 Å². The zero-order valence-electron chi connectivity index (χ0n) is 29.2. The summed E-state index contributed by atoms with van der Waals surface area (Å²) in [5.41, 5.74) is 8.91. The summed E-state index contributed by atoms with van der Waals surface area (Å²) in [6, 6.07) is 22.4. The Hall–Kier alpha value is -2.48. The molecule has 0 fully saturated rings. The van der Waals surface area contributed by atoms with Crippen LogP contribution in [0.4, 0.5) is 17.3 Å². The molecule has 2 aromatic heterocycles. The standard InChI is InChI=1S/C19H27N3O.C17H22N2O.2ClH.Zr/c1-13-8-14(2)10-15(9-13)17-11-16(21(6)7)12-18(20-17)22(23)19(3,4)5;1-12-9-13(2)11-14(10-12)15-7-6-8-16(18-15)19(20)17(3,4)5;;;/h8-12,23H,1-7H3;6-11,20H,1-5H3;2*1H;/q;;;;+4/p-2. The molecule has 0 spiro atoms. The molecule has 0 saturated heterocycles. The van der Waals surface area contributed by atoms with Crippen LogP contribution < -0.4 is 15.0 Å². The molecule has 0 bridgehead atoms. The third kappa shape index (κ3) is 12.0. The number of halogens is 2. The van der Waals surface area contributed by atoms with E-state index in [0.717, 1.165) is 28.2 Å². The van der Waals surface area contributed by atoms with Crippen LogP contribution >= 0.6 is 17.0 Å². The van der Waals surface area contributed by atoms with Crippen LogP contribution in [0, 0.1) is 27.7 Å². The number of rotatable bonds is 5. The van der Waals surface area contributed by atoms with Crippen molar-refractivity contribution in [3.8, 4) is 22.5 Å². The van der Waals surface area contributed by atoms with E-state index in [9.17, 15) is 10.4 Å². The number of anilines is 3. The molecule has 2 heterocycles. The number of aromatic nitrogens is 2. The van der Waals surface area contributed by atoms with Gasteiger partial charge in [0.25, 0.3) is 0 Å². The van der Waals surface area contributed by atoms with Gasteiger partial charge in [-0.3, -0.25) is 10.4 Å². The first-order chi connectivity index (χ1) is 21.3. The van der Waals surface area contributed by atoms with Gasteiger partial charge in [0.05, 0.1) is 22.5 Å². The molecule has 0 saturated carbocycles. The predicted molar refractivity (Wildman–Crippen MR) is 192 cm³/mol. The van der Waals surface area contributed by atoms with E-state index in [1.165, 1.54) is 32.4 Å². The van der Waals surface area contributed by atoms with Crippen molar-refractivity contribution >= 4 is 34.3 Å². The molecular formula is C36H49Cl2N5O2Zr+2. The van der Waals surface area contributed by atoms with Crippen molar-refractivity contribution in [2.75, 3.05) is 29.1 Å². The Morgan fingerprint density at radius 1 is 0.587 bits per heavy atom. The fraction of sp³-hybridized carbons (Fsp3) is 0.389. The van der Waals surface area contributed by atoms with E-state index in [2.05, 4.69) is 74.1 Å². The van der Waals surface area contributed by atoms with Crippen LogP contribution in [0.25, 0.3) is 22.5 Å². The van der Waals surface area contributed by atoms with Crippen LogP contribution in [0.15, 0.2) is 66.7 Å². The summed E-state index contributed by atoms with van der Waals surface area (Å²) in [6.07, 6.45) is 0. The van der Waals surface area contributed by atoms with Gasteiger partial charge in [0.1, 0.15) is 0 Å². The molecule has 4 rings (SSSR count). The van der Waals surface area contributed by atoms with E-state index in [-0.39, 0.29) is 5.54 Å². The van der Waals surface area contributed by atoms with E-state index in [0.29, 0.717) is 11.6 Å². The molecule has 0 atom stereocenters. The zero-order valence-corrected chi connectivity index (χ0v) is 33.2. The van der Waals surface area contributed by atoms with Crippen molar-refractivity contribution in [2.45, 2.75) is 80.3 Å². The van der Waals surface area contributed by atoms with E-state index < -0.39 is 26.4 Å². The maximum absolute atomic E-state index is 10.5. The van der Waals surface area contributed by atoms with Gasteiger partial charge in [0.15, 0.2) is 11.6 Å². The molecule has 0 unspecified atom stereocenters. The SMILES string of the molecule is Cc1cc(C)cc(-c2cc(N(C)C)cc(N(O)C(C)(C)C)n2)c1.Cc1cc(C)cc(-c2cccc(N(O)C(C)(C)C)n2)c1.[Cl][Zr+2][Cl]. The number of hydrogen-bond acceptors (Lipinski definition) is 7. The average Bonchev–Trinajstić information content (AvgIpc) is 2.95. The second-order valence-electron chi connectivity index (χ2n) is 13.6. The molecule has 0 aliphatic heterocycles. The Labute approximate surface area is 294 Å². The first kappa shape index (κ1) is 39.7. The molecule has 10 heteroatoms. The van der Waals surface area contributed by atoms with E-state index in [4.69, 9.17) is 17.0 Å². The summed E-state index contributed by atoms with van der Waals surface area (Å²) in [4.78, 5) is 11.3. The van der Waals surface area contributed by atoms with Gasteiger partial charge in [0.2, 0.25) is 0 Å². The van der Waals surface area contributed by atoms with Crippen molar-refractivity contribution < 1.29 is 31.3 Å². The van der Waals surface area contributed by atoms with Gasteiger partial charge in [-0.25, -0.2) is 20.1 Å². The monoisotopic (exact) mass is 743 g/mol. The van der Waals surface area contributed by atoms with Crippen molar-refractivity contribution in [3.05, 3.63) is 89.0 Å². The van der Waals surface area contributed by atoms with Crippen LogP contribution in [0.1, 0.15) is 63.8 Å². The Balaban J connectivity index is 0.000000297. The third-order valence-corrected chi connectivity index (χ3v) is 6.79. The first-order valence-electron chi connectivity index (χ1n) is 15.0.